The topological polar surface area (TPSA) is 112 Å². The lowest BCUT2D eigenvalue weighted by atomic mass is 10.2. The van der Waals surface area contributed by atoms with Gasteiger partial charge < -0.3 is 21.2 Å². The zero-order chi connectivity index (χ0) is 16.5. The van der Waals surface area contributed by atoms with Gasteiger partial charge in [0.05, 0.1) is 0 Å². The van der Waals surface area contributed by atoms with E-state index >= 15 is 0 Å². The second kappa shape index (κ2) is 9.06. The number of carbonyl (C=O) groups is 1. The first-order valence-electron chi connectivity index (χ1n) is 7.88. The summed E-state index contributed by atoms with van der Waals surface area (Å²) in [5.41, 5.74) is 12.5. The molecular formula is C15H24N6O2. The Morgan fingerprint density at radius 2 is 1.87 bits per heavy atom. The smallest absolute Gasteiger partial charge is 0.263 e. The number of nitrogens with zero attached hydrogens (tertiary/aromatic N) is 4. The molecule has 4 N–H and O–H groups in total. The number of nitrogens with two attached hydrogens (primary N) is 2. The molecule has 126 valence electrons. The van der Waals surface area contributed by atoms with E-state index in [1.54, 1.807) is 4.90 Å². The Bertz CT molecular complexity index is 615. The van der Waals surface area contributed by atoms with Crippen molar-refractivity contribution in [1.29, 1.82) is 0 Å². The monoisotopic (exact) mass is 320 g/mol. The molecule has 0 fully saturated rings. The summed E-state index contributed by atoms with van der Waals surface area (Å²) < 4.78 is 0. The summed E-state index contributed by atoms with van der Waals surface area (Å²) in [4.78, 5) is 20.9. The van der Waals surface area contributed by atoms with Gasteiger partial charge in [0.2, 0.25) is 0 Å². The number of hydrogen-bond acceptors (Lipinski definition) is 6. The number of para-hydroxylation sites is 1. The fraction of sp³-hybridized carbons (Fsp3) is 0.533. The van der Waals surface area contributed by atoms with Crippen molar-refractivity contribution < 1.29 is 9.63 Å². The molecule has 0 unspecified atom stereocenters. The quantitative estimate of drug-likeness (QED) is 0.585. The number of hydrogen-bond donors (Lipinski definition) is 2. The Labute approximate surface area is 135 Å². The molecule has 2 aromatic rings. The molecule has 2 rings (SSSR count). The van der Waals surface area contributed by atoms with Crippen molar-refractivity contribution in [3.05, 3.63) is 24.3 Å². The van der Waals surface area contributed by atoms with Gasteiger partial charge in [0.15, 0.2) is 6.61 Å². The minimum Gasteiger partial charge on any atom is -0.385 e. The average molecular weight is 320 g/mol. The van der Waals surface area contributed by atoms with Gasteiger partial charge in [-0.15, -0.1) is 5.10 Å². The summed E-state index contributed by atoms with van der Waals surface area (Å²) in [5, 5.41) is 7.89. The molecule has 0 aliphatic rings. The molecule has 1 aromatic carbocycles. The maximum atomic E-state index is 12.3. The third kappa shape index (κ3) is 4.90. The number of carbonyl (C=O) groups excluding carboxylic acids is 1. The molecule has 1 amide bonds. The molecule has 0 atom stereocenters. The fourth-order valence-corrected chi connectivity index (χ4v) is 2.24. The molecule has 23 heavy (non-hydrogen) atoms. The number of fused-ring (bicyclic) bond motifs is 1. The maximum Gasteiger partial charge on any atom is 0.263 e. The predicted octanol–water partition coefficient (Wildman–Crippen LogP) is -0.224. The highest BCUT2D eigenvalue weighted by atomic mass is 16.7. The van der Waals surface area contributed by atoms with Crippen LogP contribution >= 0.6 is 0 Å². The Morgan fingerprint density at radius 3 is 2.65 bits per heavy atom. The Balaban J connectivity index is 1.91. The summed E-state index contributed by atoms with van der Waals surface area (Å²) in [6.07, 6.45) is 2.53. The number of aromatic nitrogens is 3. The molecule has 0 saturated heterocycles. The Kier molecular flexibility index (Phi) is 6.76. The normalized spacial score (nSPS) is 10.9. The summed E-state index contributed by atoms with van der Waals surface area (Å²) in [6.45, 7) is 2.38. The molecule has 0 bridgehead atoms. The number of unbranched alkanes of at least 4 members (excludes halogenated alkanes) is 1. The van der Waals surface area contributed by atoms with Crippen LogP contribution in [0.5, 0.6) is 0 Å². The van der Waals surface area contributed by atoms with Gasteiger partial charge in [-0.25, -0.2) is 0 Å². The molecule has 8 heteroatoms. The van der Waals surface area contributed by atoms with Crippen LogP contribution in [0.3, 0.4) is 0 Å². The second-order valence-corrected chi connectivity index (χ2v) is 5.24. The number of amides is 1. The number of benzene rings is 1. The van der Waals surface area contributed by atoms with Gasteiger partial charge in [0, 0.05) is 13.1 Å². The number of rotatable bonds is 10. The van der Waals surface area contributed by atoms with Crippen LogP contribution in [0, 0.1) is 0 Å². The highest BCUT2D eigenvalue weighted by molar-refractivity contribution is 5.78. The molecule has 0 spiro atoms. The Morgan fingerprint density at radius 1 is 1.13 bits per heavy atom. The van der Waals surface area contributed by atoms with Crippen molar-refractivity contribution in [2.45, 2.75) is 19.3 Å². The van der Waals surface area contributed by atoms with Crippen LogP contribution in [0.2, 0.25) is 0 Å². The standard InChI is InChI=1S/C15H24N6O2/c16-8-3-4-10-20(11-5-9-17)15(22)12-23-21-14-7-2-1-6-13(14)18-19-21/h1-2,6-7H,3-5,8-12,16-17H2. The molecule has 0 radical (unpaired) electrons. The molecule has 8 nitrogen and oxygen atoms in total. The Hall–Kier alpha value is -2.19. The average Bonchev–Trinajstić information content (AvgIpc) is 2.99. The van der Waals surface area contributed by atoms with E-state index in [-0.39, 0.29) is 12.5 Å². The van der Waals surface area contributed by atoms with Crippen LogP contribution in [-0.2, 0) is 4.79 Å². The first-order valence-corrected chi connectivity index (χ1v) is 7.88. The van der Waals surface area contributed by atoms with Crippen molar-refractivity contribution in [3.63, 3.8) is 0 Å². The molecule has 0 saturated carbocycles. The SMILES string of the molecule is NCCCCN(CCCN)C(=O)COn1nnc2ccccc21. The fourth-order valence-electron chi connectivity index (χ4n) is 2.24. The van der Waals surface area contributed by atoms with E-state index in [0.717, 1.165) is 30.3 Å². The van der Waals surface area contributed by atoms with Crippen LogP contribution in [0.15, 0.2) is 24.3 Å². The van der Waals surface area contributed by atoms with Crippen LogP contribution < -0.4 is 16.3 Å². The van der Waals surface area contributed by atoms with Crippen LogP contribution in [0.25, 0.3) is 11.0 Å². The van der Waals surface area contributed by atoms with Crippen molar-refractivity contribution in [1.82, 2.24) is 20.1 Å². The molecule has 1 heterocycles. The van der Waals surface area contributed by atoms with Gasteiger partial charge in [-0.3, -0.25) is 4.79 Å². The zero-order valence-corrected chi connectivity index (χ0v) is 13.2. The van der Waals surface area contributed by atoms with Gasteiger partial charge in [-0.05, 0) is 49.7 Å². The van der Waals surface area contributed by atoms with Gasteiger partial charge >= 0.3 is 0 Å². The van der Waals surface area contributed by atoms with Crippen LogP contribution in [0.4, 0.5) is 0 Å². The largest absolute Gasteiger partial charge is 0.385 e. The van der Waals surface area contributed by atoms with E-state index in [0.29, 0.717) is 26.2 Å². The van der Waals surface area contributed by atoms with E-state index in [4.69, 9.17) is 16.3 Å². The van der Waals surface area contributed by atoms with E-state index in [1.807, 2.05) is 24.3 Å². The maximum absolute atomic E-state index is 12.3. The molecule has 0 aliphatic heterocycles. The second-order valence-electron chi connectivity index (χ2n) is 5.24. The predicted molar refractivity (Wildman–Crippen MR) is 87.5 cm³/mol. The van der Waals surface area contributed by atoms with E-state index < -0.39 is 0 Å². The first kappa shape index (κ1) is 17.2. The first-order chi connectivity index (χ1) is 11.3. The molecular weight excluding hydrogens is 296 g/mol. The van der Waals surface area contributed by atoms with E-state index in [1.165, 1.54) is 4.85 Å². The van der Waals surface area contributed by atoms with Crippen molar-refractivity contribution in [2.75, 3.05) is 32.8 Å². The molecule has 1 aromatic heterocycles. The summed E-state index contributed by atoms with van der Waals surface area (Å²) in [7, 11) is 0. The van der Waals surface area contributed by atoms with Gasteiger partial charge in [0.25, 0.3) is 5.91 Å². The van der Waals surface area contributed by atoms with Crippen molar-refractivity contribution in [2.24, 2.45) is 11.5 Å². The summed E-state index contributed by atoms with van der Waals surface area (Å²) >= 11 is 0. The third-order valence-corrected chi connectivity index (χ3v) is 3.50. The van der Waals surface area contributed by atoms with Crippen molar-refractivity contribution >= 4 is 16.9 Å². The van der Waals surface area contributed by atoms with E-state index in [9.17, 15) is 4.79 Å². The van der Waals surface area contributed by atoms with Crippen molar-refractivity contribution in [3.8, 4) is 0 Å². The highest BCUT2D eigenvalue weighted by Crippen LogP contribution is 2.08. The van der Waals surface area contributed by atoms with Gasteiger partial charge in [0.1, 0.15) is 11.0 Å². The molecule has 0 aliphatic carbocycles. The van der Waals surface area contributed by atoms with Gasteiger partial charge in [-0.1, -0.05) is 17.0 Å². The minimum absolute atomic E-state index is 0.0828. The van der Waals surface area contributed by atoms with E-state index in [2.05, 4.69) is 10.3 Å². The lowest BCUT2D eigenvalue weighted by Gasteiger charge is -2.22. The summed E-state index contributed by atoms with van der Waals surface area (Å²) in [5.74, 6) is -0.0879. The van der Waals surface area contributed by atoms with Gasteiger partial charge in [-0.2, -0.15) is 0 Å². The highest BCUT2D eigenvalue weighted by Gasteiger charge is 2.14. The third-order valence-electron chi connectivity index (χ3n) is 3.50. The van der Waals surface area contributed by atoms with Crippen LogP contribution in [0.1, 0.15) is 19.3 Å². The lowest BCUT2D eigenvalue weighted by molar-refractivity contribution is -0.136. The van der Waals surface area contributed by atoms with Crippen LogP contribution in [-0.4, -0.2) is 58.8 Å². The minimum atomic E-state index is -0.0879. The zero-order valence-electron chi connectivity index (χ0n) is 13.2. The lowest BCUT2D eigenvalue weighted by Crippen LogP contribution is -2.39. The summed E-state index contributed by atoms with van der Waals surface area (Å²) in [6, 6.07) is 7.42.